The normalized spacial score (nSPS) is 25.5. The zero-order valence-corrected chi connectivity index (χ0v) is 14.6. The summed E-state index contributed by atoms with van der Waals surface area (Å²) in [6, 6.07) is 10.4. The summed E-state index contributed by atoms with van der Waals surface area (Å²) < 4.78 is 5.76. The minimum atomic E-state index is 0.467. The van der Waals surface area contributed by atoms with Crippen molar-refractivity contribution in [1.29, 1.82) is 0 Å². The topological polar surface area (TPSA) is 32.5 Å². The van der Waals surface area contributed by atoms with Crippen molar-refractivity contribution in [3.8, 4) is 0 Å². The van der Waals surface area contributed by atoms with Gasteiger partial charge < -0.3 is 4.42 Å². The van der Waals surface area contributed by atoms with Crippen molar-refractivity contribution in [2.45, 2.75) is 39.3 Å². The summed E-state index contributed by atoms with van der Waals surface area (Å²) in [5.74, 6) is 2.11. The number of piperidine rings is 1. The van der Waals surface area contributed by atoms with E-state index in [0.717, 1.165) is 24.6 Å². The van der Waals surface area contributed by atoms with Crippen LogP contribution in [0, 0.1) is 12.3 Å². The monoisotopic (exact) mass is 325 g/mol. The third-order valence-electron chi connectivity index (χ3n) is 5.55. The number of nitrogens with zero attached hydrogens (tertiary/aromatic N) is 3. The Hall–Kier alpha value is -1.65. The molecule has 0 saturated carbocycles. The molecular formula is C20H27N3O. The van der Waals surface area contributed by atoms with Crippen molar-refractivity contribution in [2.24, 2.45) is 5.41 Å². The molecule has 0 bridgehead atoms. The third kappa shape index (κ3) is 3.55. The Morgan fingerprint density at radius 2 is 1.92 bits per heavy atom. The Balaban J connectivity index is 1.36. The average molecular weight is 325 g/mol. The molecule has 1 spiro atoms. The lowest BCUT2D eigenvalue weighted by atomic mass is 9.79. The molecule has 0 unspecified atom stereocenters. The van der Waals surface area contributed by atoms with Gasteiger partial charge >= 0.3 is 0 Å². The van der Waals surface area contributed by atoms with Crippen molar-refractivity contribution in [3.05, 3.63) is 53.7 Å². The van der Waals surface area contributed by atoms with E-state index >= 15 is 0 Å². The molecule has 0 aliphatic carbocycles. The minimum Gasteiger partial charge on any atom is -0.465 e. The van der Waals surface area contributed by atoms with Crippen LogP contribution >= 0.6 is 0 Å². The molecule has 0 amide bonds. The molecule has 0 N–H and O–H groups in total. The fourth-order valence-electron chi connectivity index (χ4n) is 4.45. The van der Waals surface area contributed by atoms with Crippen molar-refractivity contribution in [3.63, 3.8) is 0 Å². The second-order valence-electron chi connectivity index (χ2n) is 7.61. The molecule has 2 saturated heterocycles. The Morgan fingerprint density at radius 3 is 2.67 bits per heavy atom. The molecule has 4 nitrogen and oxygen atoms in total. The number of hydrogen-bond donors (Lipinski definition) is 0. The molecule has 128 valence electrons. The van der Waals surface area contributed by atoms with E-state index in [9.17, 15) is 0 Å². The smallest absolute Gasteiger partial charge is 0.118 e. The van der Waals surface area contributed by atoms with Gasteiger partial charge in [-0.2, -0.15) is 0 Å². The van der Waals surface area contributed by atoms with Gasteiger partial charge in [0.1, 0.15) is 11.5 Å². The van der Waals surface area contributed by atoms with Crippen LogP contribution in [0.3, 0.4) is 0 Å². The second-order valence-corrected chi connectivity index (χ2v) is 7.61. The Kier molecular flexibility index (Phi) is 4.42. The van der Waals surface area contributed by atoms with Crippen LogP contribution in [0.2, 0.25) is 0 Å². The van der Waals surface area contributed by atoms with Gasteiger partial charge in [0.25, 0.3) is 0 Å². The summed E-state index contributed by atoms with van der Waals surface area (Å²) >= 11 is 0. The lowest BCUT2D eigenvalue weighted by Crippen LogP contribution is -2.44. The molecule has 0 radical (unpaired) electrons. The number of hydrogen-bond acceptors (Lipinski definition) is 4. The molecular weight excluding hydrogens is 298 g/mol. The highest BCUT2D eigenvalue weighted by molar-refractivity contribution is 5.07. The molecule has 0 aromatic carbocycles. The summed E-state index contributed by atoms with van der Waals surface area (Å²) in [7, 11) is 0. The molecule has 2 aromatic rings. The van der Waals surface area contributed by atoms with Gasteiger partial charge in [0.2, 0.25) is 0 Å². The number of pyridine rings is 1. The maximum absolute atomic E-state index is 5.76. The van der Waals surface area contributed by atoms with Crippen molar-refractivity contribution >= 4 is 0 Å². The van der Waals surface area contributed by atoms with Crippen molar-refractivity contribution in [2.75, 3.05) is 26.2 Å². The number of rotatable bonds is 4. The van der Waals surface area contributed by atoms with Crippen LogP contribution in [-0.2, 0) is 13.1 Å². The molecule has 1 atom stereocenters. The van der Waals surface area contributed by atoms with E-state index in [-0.39, 0.29) is 0 Å². The largest absolute Gasteiger partial charge is 0.465 e. The molecule has 2 aliphatic rings. The van der Waals surface area contributed by atoms with E-state index in [1.807, 2.05) is 19.2 Å². The standard InChI is InChI=1S/C20H27N3O/c1-17-6-7-19(24-17)14-23-12-9-20(16-23)8-4-11-22(15-20)13-18-5-2-3-10-21-18/h2-3,5-7,10H,4,8-9,11-16H2,1H3/t20-/m1/s1. The van der Waals surface area contributed by atoms with Gasteiger partial charge in [-0.05, 0) is 69.0 Å². The zero-order valence-electron chi connectivity index (χ0n) is 14.6. The second kappa shape index (κ2) is 6.69. The fraction of sp³-hybridized carbons (Fsp3) is 0.550. The zero-order chi connectivity index (χ0) is 16.4. The molecule has 4 heteroatoms. The predicted molar refractivity (Wildman–Crippen MR) is 94.5 cm³/mol. The molecule has 4 heterocycles. The lowest BCUT2D eigenvalue weighted by Gasteiger charge is -2.40. The van der Waals surface area contributed by atoms with Crippen LogP contribution in [0.4, 0.5) is 0 Å². The number of furan rings is 1. The van der Waals surface area contributed by atoms with E-state index < -0.39 is 0 Å². The van der Waals surface area contributed by atoms with E-state index in [1.165, 1.54) is 51.1 Å². The average Bonchev–Trinajstić information content (AvgIpc) is 3.15. The van der Waals surface area contributed by atoms with Crippen molar-refractivity contribution in [1.82, 2.24) is 14.8 Å². The van der Waals surface area contributed by atoms with Crippen LogP contribution < -0.4 is 0 Å². The maximum atomic E-state index is 5.76. The van der Waals surface area contributed by atoms with E-state index in [2.05, 4.69) is 39.0 Å². The van der Waals surface area contributed by atoms with Crippen molar-refractivity contribution < 1.29 is 4.42 Å². The van der Waals surface area contributed by atoms with E-state index in [0.29, 0.717) is 5.41 Å². The lowest BCUT2D eigenvalue weighted by molar-refractivity contribution is 0.0849. The summed E-state index contributed by atoms with van der Waals surface area (Å²) in [4.78, 5) is 9.67. The van der Waals surface area contributed by atoms with Crippen LogP contribution in [0.1, 0.15) is 36.5 Å². The molecule has 4 rings (SSSR count). The summed E-state index contributed by atoms with van der Waals surface area (Å²) in [6.45, 7) is 8.76. The Labute approximate surface area is 144 Å². The van der Waals surface area contributed by atoms with Gasteiger partial charge in [0, 0.05) is 25.8 Å². The SMILES string of the molecule is Cc1ccc(CN2CC[C@@]3(CCCN(Cc4ccccn4)C3)C2)o1. The highest BCUT2D eigenvalue weighted by Crippen LogP contribution is 2.39. The first-order valence-corrected chi connectivity index (χ1v) is 9.11. The Morgan fingerprint density at radius 1 is 1.04 bits per heavy atom. The summed E-state index contributed by atoms with van der Waals surface area (Å²) in [6.07, 6.45) is 5.88. The van der Waals surface area contributed by atoms with Gasteiger partial charge in [-0.15, -0.1) is 0 Å². The first-order valence-electron chi connectivity index (χ1n) is 9.11. The molecule has 2 aliphatic heterocycles. The van der Waals surface area contributed by atoms with Crippen LogP contribution in [0.25, 0.3) is 0 Å². The van der Waals surface area contributed by atoms with Gasteiger partial charge in [0.15, 0.2) is 0 Å². The third-order valence-corrected chi connectivity index (χ3v) is 5.55. The predicted octanol–water partition coefficient (Wildman–Crippen LogP) is 3.47. The van der Waals surface area contributed by atoms with Gasteiger partial charge in [-0.1, -0.05) is 6.07 Å². The summed E-state index contributed by atoms with van der Waals surface area (Å²) in [5, 5.41) is 0. The molecule has 2 fully saturated rings. The van der Waals surface area contributed by atoms with Crippen LogP contribution in [-0.4, -0.2) is 41.0 Å². The number of aromatic nitrogens is 1. The van der Waals surface area contributed by atoms with Gasteiger partial charge in [-0.3, -0.25) is 14.8 Å². The maximum Gasteiger partial charge on any atom is 0.118 e. The number of likely N-dealkylation sites (tertiary alicyclic amines) is 2. The van der Waals surface area contributed by atoms with E-state index in [4.69, 9.17) is 4.42 Å². The Bertz CT molecular complexity index is 669. The molecule has 24 heavy (non-hydrogen) atoms. The highest BCUT2D eigenvalue weighted by atomic mass is 16.3. The van der Waals surface area contributed by atoms with Crippen LogP contribution in [0.15, 0.2) is 40.9 Å². The fourth-order valence-corrected chi connectivity index (χ4v) is 4.45. The van der Waals surface area contributed by atoms with Gasteiger partial charge in [-0.25, -0.2) is 0 Å². The summed E-state index contributed by atoms with van der Waals surface area (Å²) in [5.41, 5.74) is 1.66. The number of aryl methyl sites for hydroxylation is 1. The van der Waals surface area contributed by atoms with Gasteiger partial charge in [0.05, 0.1) is 12.2 Å². The quantitative estimate of drug-likeness (QED) is 0.862. The molecule has 2 aromatic heterocycles. The van der Waals surface area contributed by atoms with Crippen LogP contribution in [0.5, 0.6) is 0 Å². The first-order chi connectivity index (χ1) is 11.7. The first kappa shape index (κ1) is 15.9. The highest BCUT2D eigenvalue weighted by Gasteiger charge is 2.41. The van der Waals surface area contributed by atoms with E-state index in [1.54, 1.807) is 0 Å². The minimum absolute atomic E-state index is 0.467.